The van der Waals surface area contributed by atoms with Crippen molar-refractivity contribution in [2.75, 3.05) is 6.61 Å². The maximum atomic E-state index is 9.51. The third kappa shape index (κ3) is 0.864. The van der Waals surface area contributed by atoms with Gasteiger partial charge in [-0.2, -0.15) is 0 Å². The molecule has 2 aliphatic rings. The summed E-state index contributed by atoms with van der Waals surface area (Å²) in [5, 5.41) is 28.0. The van der Waals surface area contributed by atoms with Crippen LogP contribution < -0.4 is 5.73 Å². The largest absolute Gasteiger partial charge is 0.396 e. The van der Waals surface area contributed by atoms with Crippen molar-refractivity contribution in [2.45, 2.75) is 30.6 Å². The van der Waals surface area contributed by atoms with E-state index in [9.17, 15) is 10.2 Å². The fourth-order valence-electron chi connectivity index (χ4n) is 2.74. The van der Waals surface area contributed by atoms with Gasteiger partial charge < -0.3 is 21.1 Å². The lowest BCUT2D eigenvalue weighted by atomic mass is 9.83. The first-order valence-electron chi connectivity index (χ1n) is 4.34. The number of hydrogen-bond donors (Lipinski definition) is 4. The Kier molecular flexibility index (Phi) is 1.70. The number of rotatable bonds is 1. The smallest absolute Gasteiger partial charge is 0.0981 e. The van der Waals surface area contributed by atoms with Crippen LogP contribution in [0.15, 0.2) is 0 Å². The number of aliphatic hydroxyl groups is 3. The molecule has 2 rings (SSSR count). The van der Waals surface area contributed by atoms with E-state index in [1.807, 2.05) is 0 Å². The van der Waals surface area contributed by atoms with E-state index in [2.05, 4.69) is 0 Å². The summed E-state index contributed by atoms with van der Waals surface area (Å²) in [5.74, 6) is 0.0726. The summed E-state index contributed by atoms with van der Waals surface area (Å²) in [7, 11) is 0. The zero-order chi connectivity index (χ0) is 8.93. The van der Waals surface area contributed by atoms with Gasteiger partial charge in [-0.25, -0.2) is 0 Å². The van der Waals surface area contributed by atoms with Gasteiger partial charge in [0.05, 0.1) is 12.2 Å². The third-order valence-corrected chi connectivity index (χ3v) is 3.45. The zero-order valence-corrected chi connectivity index (χ0v) is 6.85. The van der Waals surface area contributed by atoms with E-state index in [4.69, 9.17) is 10.8 Å². The number of hydrogen-bond acceptors (Lipinski definition) is 4. The van der Waals surface area contributed by atoms with Gasteiger partial charge in [-0.1, -0.05) is 0 Å². The Morgan fingerprint density at radius 2 is 2.00 bits per heavy atom. The molecule has 0 aromatic heterocycles. The van der Waals surface area contributed by atoms with E-state index >= 15 is 0 Å². The molecule has 70 valence electrons. The summed E-state index contributed by atoms with van der Waals surface area (Å²) in [6, 6.07) is 0. The summed E-state index contributed by atoms with van der Waals surface area (Å²) in [5.41, 5.74) is 5.24. The van der Waals surface area contributed by atoms with Gasteiger partial charge in [0.1, 0.15) is 0 Å². The van der Waals surface area contributed by atoms with Crippen LogP contribution in [-0.2, 0) is 0 Å². The maximum absolute atomic E-state index is 9.51. The fraction of sp³-hybridized carbons (Fsp3) is 1.00. The molecule has 2 bridgehead atoms. The predicted molar refractivity (Wildman–Crippen MR) is 42.2 cm³/mol. The molecule has 4 nitrogen and oxygen atoms in total. The molecule has 0 aliphatic heterocycles. The quantitative estimate of drug-likeness (QED) is 0.386. The molecule has 2 aliphatic carbocycles. The Morgan fingerprint density at radius 3 is 2.42 bits per heavy atom. The third-order valence-electron chi connectivity index (χ3n) is 3.45. The maximum Gasteiger partial charge on any atom is 0.0981 e. The molecule has 5 atom stereocenters. The van der Waals surface area contributed by atoms with E-state index in [0.29, 0.717) is 12.8 Å². The molecular weight excluding hydrogens is 158 g/mol. The van der Waals surface area contributed by atoms with Crippen molar-refractivity contribution in [3.8, 4) is 0 Å². The molecule has 0 radical (unpaired) electrons. The standard InChI is InChI=1S/C8H15NO3/c9-8-1-4(3-10)5(2-8)6(11)7(8)12/h4-7,10-12H,1-3,9H2/t4-,5+,6+,7+,8+/m1/s1. The van der Waals surface area contributed by atoms with Crippen LogP contribution in [0.1, 0.15) is 12.8 Å². The van der Waals surface area contributed by atoms with Crippen molar-refractivity contribution in [2.24, 2.45) is 17.6 Å². The fourth-order valence-corrected chi connectivity index (χ4v) is 2.74. The minimum absolute atomic E-state index is 0.00463. The first-order chi connectivity index (χ1) is 5.58. The van der Waals surface area contributed by atoms with Crippen LogP contribution in [0.25, 0.3) is 0 Å². The van der Waals surface area contributed by atoms with Crippen LogP contribution in [0.2, 0.25) is 0 Å². The lowest BCUT2D eigenvalue weighted by molar-refractivity contribution is -0.0494. The zero-order valence-electron chi connectivity index (χ0n) is 6.85. The van der Waals surface area contributed by atoms with Crippen LogP contribution in [0.5, 0.6) is 0 Å². The first-order valence-corrected chi connectivity index (χ1v) is 4.34. The van der Waals surface area contributed by atoms with Crippen LogP contribution in [-0.4, -0.2) is 39.7 Å². The second-order valence-electron chi connectivity index (χ2n) is 4.18. The van der Waals surface area contributed by atoms with Crippen molar-refractivity contribution in [3.05, 3.63) is 0 Å². The SMILES string of the molecule is N[C@@]12C[C@H](CO)[C@H](C1)[C@H](O)[C@@H]2O. The topological polar surface area (TPSA) is 86.7 Å². The van der Waals surface area contributed by atoms with Crippen molar-refractivity contribution >= 4 is 0 Å². The van der Waals surface area contributed by atoms with Crippen LogP contribution >= 0.6 is 0 Å². The molecule has 0 aromatic rings. The Labute approximate surface area is 71.0 Å². The minimum Gasteiger partial charge on any atom is -0.396 e. The highest BCUT2D eigenvalue weighted by molar-refractivity contribution is 5.13. The van der Waals surface area contributed by atoms with Gasteiger partial charge in [0.25, 0.3) is 0 Å². The van der Waals surface area contributed by atoms with Gasteiger partial charge in [0.15, 0.2) is 0 Å². The van der Waals surface area contributed by atoms with Crippen LogP contribution in [0.4, 0.5) is 0 Å². The highest BCUT2D eigenvalue weighted by atomic mass is 16.3. The number of fused-ring (bicyclic) bond motifs is 2. The highest BCUT2D eigenvalue weighted by Crippen LogP contribution is 2.49. The second-order valence-corrected chi connectivity index (χ2v) is 4.18. The van der Waals surface area contributed by atoms with Gasteiger partial charge in [0.2, 0.25) is 0 Å². The number of aliphatic hydroxyl groups excluding tert-OH is 3. The molecule has 0 aromatic carbocycles. The molecule has 0 spiro atoms. The second kappa shape index (κ2) is 2.42. The van der Waals surface area contributed by atoms with E-state index in [1.54, 1.807) is 0 Å². The average molecular weight is 173 g/mol. The minimum atomic E-state index is -0.801. The van der Waals surface area contributed by atoms with Crippen molar-refractivity contribution in [3.63, 3.8) is 0 Å². The molecule has 12 heavy (non-hydrogen) atoms. The van der Waals surface area contributed by atoms with E-state index in [0.717, 1.165) is 0 Å². The summed E-state index contributed by atoms with van der Waals surface area (Å²) >= 11 is 0. The van der Waals surface area contributed by atoms with E-state index in [-0.39, 0.29) is 18.4 Å². The molecule has 2 fully saturated rings. The molecule has 0 unspecified atom stereocenters. The molecule has 5 N–H and O–H groups in total. The van der Waals surface area contributed by atoms with Gasteiger partial charge in [-0.3, -0.25) is 0 Å². The van der Waals surface area contributed by atoms with Crippen molar-refractivity contribution in [1.82, 2.24) is 0 Å². The van der Waals surface area contributed by atoms with Crippen molar-refractivity contribution < 1.29 is 15.3 Å². The number of nitrogens with two attached hydrogens (primary N) is 1. The van der Waals surface area contributed by atoms with Gasteiger partial charge >= 0.3 is 0 Å². The molecule has 2 saturated carbocycles. The van der Waals surface area contributed by atoms with Gasteiger partial charge in [0, 0.05) is 12.1 Å². The summed E-state index contributed by atoms with van der Waals surface area (Å²) in [4.78, 5) is 0. The van der Waals surface area contributed by atoms with E-state index in [1.165, 1.54) is 0 Å². The molecule has 0 saturated heterocycles. The Balaban J connectivity index is 2.21. The van der Waals surface area contributed by atoms with Crippen molar-refractivity contribution in [1.29, 1.82) is 0 Å². The Morgan fingerprint density at radius 1 is 1.33 bits per heavy atom. The Bertz CT molecular complexity index is 193. The molecule has 4 heteroatoms. The molecule has 0 heterocycles. The molecular formula is C8H15NO3. The summed E-state index contributed by atoms with van der Waals surface area (Å²) in [6.45, 7) is 0.0629. The summed E-state index contributed by atoms with van der Waals surface area (Å²) in [6.07, 6.45) is -0.265. The average Bonchev–Trinajstić information content (AvgIpc) is 2.49. The monoisotopic (exact) mass is 173 g/mol. The Hall–Kier alpha value is -0.160. The van der Waals surface area contributed by atoms with Crippen LogP contribution in [0.3, 0.4) is 0 Å². The van der Waals surface area contributed by atoms with E-state index < -0.39 is 17.7 Å². The normalized spacial score (nSPS) is 58.0. The van der Waals surface area contributed by atoms with Gasteiger partial charge in [-0.05, 0) is 24.7 Å². The lowest BCUT2D eigenvalue weighted by Gasteiger charge is -2.33. The summed E-state index contributed by atoms with van der Waals surface area (Å²) < 4.78 is 0. The lowest BCUT2D eigenvalue weighted by Crippen LogP contribution is -2.53. The highest BCUT2D eigenvalue weighted by Gasteiger charge is 2.59. The molecule has 0 amide bonds. The first kappa shape index (κ1) is 8.44. The van der Waals surface area contributed by atoms with Crippen LogP contribution in [0, 0.1) is 11.8 Å². The predicted octanol–water partition coefficient (Wildman–Crippen LogP) is -1.56. The van der Waals surface area contributed by atoms with Gasteiger partial charge in [-0.15, -0.1) is 0 Å².